The maximum atomic E-state index is 9.17. The fourth-order valence-corrected chi connectivity index (χ4v) is 1.51. The molecule has 4 N–H and O–H groups in total. The van der Waals surface area contributed by atoms with E-state index in [0.717, 1.165) is 12.0 Å². The lowest BCUT2D eigenvalue weighted by Gasteiger charge is -2.14. The molecule has 0 saturated carbocycles. The van der Waals surface area contributed by atoms with Crippen LogP contribution in [0.1, 0.15) is 24.3 Å². The molecule has 0 heterocycles. The van der Waals surface area contributed by atoms with Crippen molar-refractivity contribution in [1.29, 1.82) is 0 Å². The molecule has 0 amide bonds. The largest absolute Gasteiger partial charge is 0.399 e. The molecule has 3 nitrogen and oxygen atoms in total. The van der Waals surface area contributed by atoms with E-state index in [1.54, 1.807) is 0 Å². The Morgan fingerprint density at radius 2 is 2.07 bits per heavy atom. The summed E-state index contributed by atoms with van der Waals surface area (Å²) >= 11 is 0. The quantitative estimate of drug-likeness (QED) is 0.617. The molecule has 0 fully saturated rings. The summed E-state index contributed by atoms with van der Waals surface area (Å²) < 4.78 is 0. The van der Waals surface area contributed by atoms with Crippen LogP contribution in [0.15, 0.2) is 24.3 Å². The monoisotopic (exact) mass is 195 g/mol. The van der Waals surface area contributed by atoms with Crippen molar-refractivity contribution in [3.63, 3.8) is 0 Å². The molecule has 0 aliphatic carbocycles. The molecular formula is C11H17NO2. The lowest BCUT2D eigenvalue weighted by molar-refractivity contribution is 0.237. The van der Waals surface area contributed by atoms with Crippen LogP contribution in [0, 0.1) is 0 Å². The van der Waals surface area contributed by atoms with E-state index in [1.165, 1.54) is 0 Å². The van der Waals surface area contributed by atoms with Crippen LogP contribution in [0.25, 0.3) is 0 Å². The normalized spacial score (nSPS) is 12.7. The van der Waals surface area contributed by atoms with Crippen LogP contribution in [0.5, 0.6) is 0 Å². The van der Waals surface area contributed by atoms with Gasteiger partial charge in [0, 0.05) is 24.8 Å². The minimum absolute atomic E-state index is 0.0886. The maximum Gasteiger partial charge on any atom is 0.0499 e. The van der Waals surface area contributed by atoms with E-state index >= 15 is 0 Å². The number of aliphatic hydroxyl groups excluding tert-OH is 2. The Morgan fingerprint density at radius 3 is 2.64 bits per heavy atom. The summed E-state index contributed by atoms with van der Waals surface area (Å²) in [6.07, 6.45) is 1.50. The zero-order chi connectivity index (χ0) is 10.4. The van der Waals surface area contributed by atoms with E-state index in [4.69, 9.17) is 10.8 Å². The van der Waals surface area contributed by atoms with Crippen LogP contribution >= 0.6 is 0 Å². The van der Waals surface area contributed by atoms with Gasteiger partial charge < -0.3 is 15.9 Å². The summed E-state index contributed by atoms with van der Waals surface area (Å²) in [5.74, 6) is 0.0886. The first-order valence-corrected chi connectivity index (χ1v) is 4.85. The Kier molecular flexibility index (Phi) is 4.43. The number of rotatable bonds is 5. The van der Waals surface area contributed by atoms with Crippen LogP contribution in [0.3, 0.4) is 0 Å². The van der Waals surface area contributed by atoms with E-state index in [0.29, 0.717) is 12.1 Å². The summed E-state index contributed by atoms with van der Waals surface area (Å²) in [6.45, 7) is 0.266. The van der Waals surface area contributed by atoms with Gasteiger partial charge in [0.05, 0.1) is 0 Å². The van der Waals surface area contributed by atoms with Gasteiger partial charge in [-0.2, -0.15) is 0 Å². The van der Waals surface area contributed by atoms with Gasteiger partial charge in [-0.1, -0.05) is 12.1 Å². The summed E-state index contributed by atoms with van der Waals surface area (Å²) in [4.78, 5) is 0. The van der Waals surface area contributed by atoms with Gasteiger partial charge in [0.15, 0.2) is 0 Å². The Labute approximate surface area is 84.2 Å². The Bertz CT molecular complexity index is 276. The zero-order valence-corrected chi connectivity index (χ0v) is 8.19. The van der Waals surface area contributed by atoms with Gasteiger partial charge in [0.1, 0.15) is 0 Å². The lowest BCUT2D eigenvalue weighted by Crippen LogP contribution is -2.05. The average Bonchev–Trinajstić information content (AvgIpc) is 2.19. The molecule has 14 heavy (non-hydrogen) atoms. The minimum atomic E-state index is 0.0886. The number of nitrogen functional groups attached to an aromatic ring is 1. The van der Waals surface area contributed by atoms with Gasteiger partial charge in [-0.25, -0.2) is 0 Å². The topological polar surface area (TPSA) is 66.5 Å². The van der Waals surface area contributed by atoms with Gasteiger partial charge in [-0.3, -0.25) is 0 Å². The molecule has 0 bridgehead atoms. The highest BCUT2D eigenvalue weighted by molar-refractivity contribution is 5.41. The van der Waals surface area contributed by atoms with Crippen molar-refractivity contribution >= 4 is 5.69 Å². The SMILES string of the molecule is Nc1cccc(C(CO)CCCO)c1. The molecule has 0 radical (unpaired) electrons. The van der Waals surface area contributed by atoms with E-state index in [9.17, 15) is 5.11 Å². The van der Waals surface area contributed by atoms with Crippen LogP contribution in [-0.4, -0.2) is 23.4 Å². The molecule has 0 saturated heterocycles. The van der Waals surface area contributed by atoms with Gasteiger partial charge in [0.2, 0.25) is 0 Å². The summed E-state index contributed by atoms with van der Waals surface area (Å²) in [6, 6.07) is 7.53. The maximum absolute atomic E-state index is 9.17. The highest BCUT2D eigenvalue weighted by atomic mass is 16.3. The van der Waals surface area contributed by atoms with E-state index in [1.807, 2.05) is 24.3 Å². The fraction of sp³-hybridized carbons (Fsp3) is 0.455. The molecule has 1 aromatic carbocycles. The fourth-order valence-electron chi connectivity index (χ4n) is 1.51. The Balaban J connectivity index is 2.68. The van der Waals surface area contributed by atoms with E-state index in [2.05, 4.69) is 0 Å². The summed E-state index contributed by atoms with van der Waals surface area (Å²) in [5, 5.41) is 17.9. The van der Waals surface area contributed by atoms with Gasteiger partial charge in [-0.15, -0.1) is 0 Å². The molecule has 78 valence electrons. The van der Waals surface area contributed by atoms with Crippen molar-refractivity contribution in [1.82, 2.24) is 0 Å². The van der Waals surface area contributed by atoms with Crippen LogP contribution in [0.2, 0.25) is 0 Å². The Morgan fingerprint density at radius 1 is 1.29 bits per heavy atom. The molecule has 0 aromatic heterocycles. The van der Waals surface area contributed by atoms with Crippen molar-refractivity contribution < 1.29 is 10.2 Å². The van der Waals surface area contributed by atoms with Crippen molar-refractivity contribution in [2.75, 3.05) is 18.9 Å². The zero-order valence-electron chi connectivity index (χ0n) is 8.19. The number of anilines is 1. The minimum Gasteiger partial charge on any atom is -0.399 e. The molecule has 3 heteroatoms. The van der Waals surface area contributed by atoms with Gasteiger partial charge in [-0.05, 0) is 30.5 Å². The number of benzene rings is 1. The predicted octanol–water partition coefficient (Wildman–Crippen LogP) is 1.12. The van der Waals surface area contributed by atoms with E-state index < -0.39 is 0 Å². The second-order valence-corrected chi connectivity index (χ2v) is 3.42. The summed E-state index contributed by atoms with van der Waals surface area (Å²) in [5.41, 5.74) is 7.40. The number of hydrogen-bond donors (Lipinski definition) is 3. The molecular weight excluding hydrogens is 178 g/mol. The molecule has 0 aliphatic heterocycles. The first-order chi connectivity index (χ1) is 6.77. The third-order valence-corrected chi connectivity index (χ3v) is 2.31. The van der Waals surface area contributed by atoms with Gasteiger partial charge in [0.25, 0.3) is 0 Å². The van der Waals surface area contributed by atoms with Crippen molar-refractivity contribution in [2.45, 2.75) is 18.8 Å². The number of aliphatic hydroxyl groups is 2. The Hall–Kier alpha value is -1.06. The smallest absolute Gasteiger partial charge is 0.0499 e. The van der Waals surface area contributed by atoms with Crippen molar-refractivity contribution in [3.8, 4) is 0 Å². The highest BCUT2D eigenvalue weighted by Crippen LogP contribution is 2.22. The number of hydrogen-bond acceptors (Lipinski definition) is 3. The van der Waals surface area contributed by atoms with Crippen molar-refractivity contribution in [3.05, 3.63) is 29.8 Å². The third kappa shape index (κ3) is 3.01. The molecule has 1 rings (SSSR count). The second-order valence-electron chi connectivity index (χ2n) is 3.42. The van der Waals surface area contributed by atoms with Crippen LogP contribution < -0.4 is 5.73 Å². The second kappa shape index (κ2) is 5.62. The van der Waals surface area contributed by atoms with E-state index in [-0.39, 0.29) is 19.1 Å². The first-order valence-electron chi connectivity index (χ1n) is 4.85. The highest BCUT2D eigenvalue weighted by Gasteiger charge is 2.09. The summed E-state index contributed by atoms with van der Waals surface area (Å²) in [7, 11) is 0. The van der Waals surface area contributed by atoms with Crippen LogP contribution in [-0.2, 0) is 0 Å². The average molecular weight is 195 g/mol. The lowest BCUT2D eigenvalue weighted by atomic mass is 9.95. The van der Waals surface area contributed by atoms with Crippen molar-refractivity contribution in [2.24, 2.45) is 0 Å². The number of nitrogens with two attached hydrogens (primary N) is 1. The molecule has 1 aromatic rings. The van der Waals surface area contributed by atoms with Crippen LogP contribution in [0.4, 0.5) is 5.69 Å². The molecule has 1 unspecified atom stereocenters. The third-order valence-electron chi connectivity index (χ3n) is 2.31. The molecule has 0 aliphatic rings. The predicted molar refractivity (Wildman–Crippen MR) is 57.0 cm³/mol. The van der Waals surface area contributed by atoms with Gasteiger partial charge >= 0.3 is 0 Å². The first kappa shape index (κ1) is 11.0. The molecule has 0 spiro atoms. The molecule has 1 atom stereocenters. The standard InChI is InChI=1S/C11H17NO2/c12-11-5-1-3-9(7-11)10(8-14)4-2-6-13/h1,3,5,7,10,13-14H,2,4,6,8,12H2.